The van der Waals surface area contributed by atoms with Crippen molar-refractivity contribution in [2.24, 2.45) is 0 Å². The summed E-state index contributed by atoms with van der Waals surface area (Å²) in [4.78, 5) is 6.80. The molecule has 1 N–H and O–H groups in total. The highest BCUT2D eigenvalue weighted by molar-refractivity contribution is 5.51. The fourth-order valence-corrected chi connectivity index (χ4v) is 3.07. The summed E-state index contributed by atoms with van der Waals surface area (Å²) >= 11 is 0. The molecule has 1 aromatic carbocycles. The minimum atomic E-state index is 0.394. The number of likely N-dealkylation sites (tertiary alicyclic amines) is 1. The molecule has 1 aliphatic heterocycles. The van der Waals surface area contributed by atoms with Crippen LogP contribution in [0.3, 0.4) is 0 Å². The van der Waals surface area contributed by atoms with Crippen molar-refractivity contribution in [2.75, 3.05) is 18.4 Å². The maximum atomic E-state index is 9.14. The number of aromatic nitrogens is 1. The van der Waals surface area contributed by atoms with E-state index in [1.54, 1.807) is 12.3 Å². The Kier molecular flexibility index (Phi) is 4.89. The van der Waals surface area contributed by atoms with Crippen LogP contribution in [0.2, 0.25) is 0 Å². The van der Waals surface area contributed by atoms with Crippen LogP contribution in [0.5, 0.6) is 0 Å². The van der Waals surface area contributed by atoms with Crippen LogP contribution < -0.4 is 5.32 Å². The zero-order chi connectivity index (χ0) is 16.1. The van der Waals surface area contributed by atoms with Gasteiger partial charge in [0.2, 0.25) is 0 Å². The first-order valence-corrected chi connectivity index (χ1v) is 8.15. The number of piperidine rings is 1. The lowest BCUT2D eigenvalue weighted by atomic mass is 10.0. The molecule has 23 heavy (non-hydrogen) atoms. The molecule has 0 radical (unpaired) electrons. The predicted molar refractivity (Wildman–Crippen MR) is 92.1 cm³/mol. The van der Waals surface area contributed by atoms with Crippen LogP contribution in [0.25, 0.3) is 0 Å². The second-order valence-corrected chi connectivity index (χ2v) is 6.13. The van der Waals surface area contributed by atoms with Crippen molar-refractivity contribution in [3.05, 3.63) is 59.3 Å². The van der Waals surface area contributed by atoms with Gasteiger partial charge < -0.3 is 5.32 Å². The maximum absolute atomic E-state index is 9.14. The number of anilines is 1. The van der Waals surface area contributed by atoms with E-state index in [0.717, 1.165) is 32.5 Å². The van der Waals surface area contributed by atoms with E-state index in [2.05, 4.69) is 52.5 Å². The summed E-state index contributed by atoms with van der Waals surface area (Å²) in [5.74, 6) is 0.715. The van der Waals surface area contributed by atoms with Gasteiger partial charge in [-0.3, -0.25) is 4.90 Å². The third-order valence-electron chi connectivity index (χ3n) is 4.51. The maximum Gasteiger partial charge on any atom is 0.144 e. The zero-order valence-electron chi connectivity index (χ0n) is 13.5. The molecule has 0 unspecified atom stereocenters. The number of nitrogens with one attached hydrogen (secondary N) is 1. The highest BCUT2D eigenvalue weighted by Gasteiger charge is 2.20. The van der Waals surface area contributed by atoms with Gasteiger partial charge in [-0.05, 0) is 43.0 Å². The van der Waals surface area contributed by atoms with Crippen molar-refractivity contribution in [3.8, 4) is 6.07 Å². The van der Waals surface area contributed by atoms with Crippen molar-refractivity contribution in [1.82, 2.24) is 9.88 Å². The lowest BCUT2D eigenvalue weighted by Gasteiger charge is -2.33. The molecule has 4 nitrogen and oxygen atoms in total. The van der Waals surface area contributed by atoms with Crippen molar-refractivity contribution in [2.45, 2.75) is 32.4 Å². The Bertz CT molecular complexity index is 697. The number of benzene rings is 1. The van der Waals surface area contributed by atoms with Gasteiger partial charge in [-0.25, -0.2) is 4.98 Å². The van der Waals surface area contributed by atoms with Crippen molar-refractivity contribution >= 4 is 5.82 Å². The van der Waals surface area contributed by atoms with Crippen LogP contribution in [0.1, 0.15) is 29.5 Å². The summed E-state index contributed by atoms with van der Waals surface area (Å²) in [5, 5.41) is 12.6. The molecule has 0 atom stereocenters. The normalized spacial score (nSPS) is 16.0. The Hall–Kier alpha value is -2.38. The molecule has 4 heteroatoms. The van der Waals surface area contributed by atoms with E-state index in [0.29, 0.717) is 17.4 Å². The molecule has 1 fully saturated rings. The number of rotatable bonds is 4. The van der Waals surface area contributed by atoms with Crippen LogP contribution in [-0.2, 0) is 6.54 Å². The number of hydrogen-bond donors (Lipinski definition) is 1. The minimum Gasteiger partial charge on any atom is -0.366 e. The Morgan fingerprint density at radius 2 is 2.00 bits per heavy atom. The largest absolute Gasteiger partial charge is 0.366 e. The second kappa shape index (κ2) is 7.26. The molecule has 3 rings (SSSR count). The van der Waals surface area contributed by atoms with Crippen LogP contribution in [-0.4, -0.2) is 29.0 Å². The third-order valence-corrected chi connectivity index (χ3v) is 4.51. The van der Waals surface area contributed by atoms with Gasteiger partial charge in [-0.2, -0.15) is 5.26 Å². The van der Waals surface area contributed by atoms with Crippen LogP contribution in [0.4, 0.5) is 5.82 Å². The summed E-state index contributed by atoms with van der Waals surface area (Å²) in [7, 11) is 0. The number of nitriles is 1. The number of hydrogen-bond acceptors (Lipinski definition) is 4. The summed E-state index contributed by atoms with van der Waals surface area (Å²) < 4.78 is 0. The van der Waals surface area contributed by atoms with Gasteiger partial charge in [0.05, 0.1) is 5.56 Å². The minimum absolute atomic E-state index is 0.394. The quantitative estimate of drug-likeness (QED) is 0.941. The first-order chi connectivity index (χ1) is 11.3. The van der Waals surface area contributed by atoms with Gasteiger partial charge in [0, 0.05) is 31.9 Å². The van der Waals surface area contributed by atoms with E-state index in [-0.39, 0.29) is 0 Å². The van der Waals surface area contributed by atoms with E-state index in [1.807, 2.05) is 6.07 Å². The molecule has 1 saturated heterocycles. The third kappa shape index (κ3) is 3.88. The molecular weight excluding hydrogens is 284 g/mol. The summed E-state index contributed by atoms with van der Waals surface area (Å²) in [6, 6.07) is 14.8. The summed E-state index contributed by atoms with van der Waals surface area (Å²) in [5.41, 5.74) is 3.39. The van der Waals surface area contributed by atoms with Gasteiger partial charge in [-0.15, -0.1) is 0 Å². The molecule has 0 amide bonds. The van der Waals surface area contributed by atoms with E-state index >= 15 is 0 Å². The molecule has 0 spiro atoms. The highest BCUT2D eigenvalue weighted by Crippen LogP contribution is 2.20. The molecule has 1 aromatic heterocycles. The fourth-order valence-electron chi connectivity index (χ4n) is 3.07. The molecule has 2 heterocycles. The fraction of sp³-hybridized carbons (Fsp3) is 0.368. The first kappa shape index (κ1) is 15.5. The summed E-state index contributed by atoms with van der Waals surface area (Å²) in [6.07, 6.45) is 3.89. The van der Waals surface area contributed by atoms with Gasteiger partial charge in [-0.1, -0.05) is 24.3 Å². The van der Waals surface area contributed by atoms with Crippen molar-refractivity contribution in [3.63, 3.8) is 0 Å². The molecule has 118 valence electrons. The summed E-state index contributed by atoms with van der Waals surface area (Å²) in [6.45, 7) is 5.34. The number of aryl methyl sites for hydroxylation is 1. The van der Waals surface area contributed by atoms with E-state index in [1.165, 1.54) is 11.1 Å². The first-order valence-electron chi connectivity index (χ1n) is 8.15. The topological polar surface area (TPSA) is 52.0 Å². The van der Waals surface area contributed by atoms with Gasteiger partial charge >= 0.3 is 0 Å². The lowest BCUT2D eigenvalue weighted by Crippen LogP contribution is -2.39. The average Bonchev–Trinajstić information content (AvgIpc) is 2.59. The van der Waals surface area contributed by atoms with E-state index in [9.17, 15) is 0 Å². The molecule has 1 aliphatic rings. The van der Waals surface area contributed by atoms with Crippen LogP contribution in [0.15, 0.2) is 42.6 Å². The lowest BCUT2D eigenvalue weighted by molar-refractivity contribution is 0.211. The van der Waals surface area contributed by atoms with Gasteiger partial charge in [0.1, 0.15) is 11.9 Å². The molecular formula is C19H22N4. The molecule has 0 saturated carbocycles. The highest BCUT2D eigenvalue weighted by atomic mass is 15.1. The molecule has 2 aromatic rings. The Morgan fingerprint density at radius 3 is 2.74 bits per heavy atom. The van der Waals surface area contributed by atoms with E-state index < -0.39 is 0 Å². The zero-order valence-corrected chi connectivity index (χ0v) is 13.5. The van der Waals surface area contributed by atoms with E-state index in [4.69, 9.17) is 5.26 Å². The molecule has 0 aliphatic carbocycles. The Morgan fingerprint density at radius 1 is 1.22 bits per heavy atom. The van der Waals surface area contributed by atoms with Gasteiger partial charge in [0.25, 0.3) is 0 Å². The van der Waals surface area contributed by atoms with Gasteiger partial charge in [0.15, 0.2) is 0 Å². The van der Waals surface area contributed by atoms with Crippen molar-refractivity contribution < 1.29 is 0 Å². The second-order valence-electron chi connectivity index (χ2n) is 6.13. The number of pyridine rings is 1. The Balaban J connectivity index is 1.55. The average molecular weight is 306 g/mol. The number of nitrogens with zero attached hydrogens (tertiary/aromatic N) is 3. The smallest absolute Gasteiger partial charge is 0.144 e. The van der Waals surface area contributed by atoms with Crippen LogP contribution in [0, 0.1) is 18.3 Å². The Labute approximate surface area is 137 Å². The van der Waals surface area contributed by atoms with Crippen LogP contribution >= 0.6 is 0 Å². The van der Waals surface area contributed by atoms with Crippen molar-refractivity contribution in [1.29, 1.82) is 5.26 Å². The standard InChI is InChI=1S/C19H22N4/c1-15-5-2-3-6-17(15)14-23-11-8-18(9-12-23)22-19-16(13-20)7-4-10-21-19/h2-7,10,18H,8-9,11-12,14H2,1H3,(H,21,22). The molecule has 0 bridgehead atoms. The SMILES string of the molecule is Cc1ccccc1CN1CCC(Nc2ncccc2C#N)CC1. The monoisotopic (exact) mass is 306 g/mol. The predicted octanol–water partition coefficient (Wildman–Crippen LogP) is 3.34.